The molecule has 2 aliphatic heterocycles. The minimum atomic E-state index is 0.168. The van der Waals surface area contributed by atoms with Crippen LogP contribution in [-0.4, -0.2) is 60.6 Å². The standard InChI is InChI=1S/C14H26N2O2/c1-12-9-16(10-13(2)18-12)14(17)11-15-7-5-3-4-6-8-15/h12-13H,3-11H2,1-2H3. The highest BCUT2D eigenvalue weighted by atomic mass is 16.5. The van der Waals surface area contributed by atoms with Crippen molar-refractivity contribution < 1.29 is 9.53 Å². The summed E-state index contributed by atoms with van der Waals surface area (Å²) in [7, 11) is 0. The van der Waals surface area contributed by atoms with E-state index in [-0.39, 0.29) is 18.1 Å². The van der Waals surface area contributed by atoms with Gasteiger partial charge in [0.2, 0.25) is 5.91 Å². The Hall–Kier alpha value is -0.610. The molecule has 0 N–H and O–H groups in total. The zero-order valence-corrected chi connectivity index (χ0v) is 11.7. The first-order valence-corrected chi connectivity index (χ1v) is 7.31. The molecule has 4 heteroatoms. The molecule has 2 rings (SSSR count). The van der Waals surface area contributed by atoms with Crippen LogP contribution in [0.2, 0.25) is 0 Å². The van der Waals surface area contributed by atoms with Crippen LogP contribution in [0, 0.1) is 0 Å². The fourth-order valence-electron chi connectivity index (χ4n) is 2.97. The first-order chi connectivity index (χ1) is 8.65. The molecular formula is C14H26N2O2. The van der Waals surface area contributed by atoms with Gasteiger partial charge in [-0.25, -0.2) is 0 Å². The molecular weight excluding hydrogens is 228 g/mol. The maximum atomic E-state index is 12.3. The van der Waals surface area contributed by atoms with Gasteiger partial charge in [0.25, 0.3) is 0 Å². The number of hydrogen-bond donors (Lipinski definition) is 0. The van der Waals surface area contributed by atoms with Gasteiger partial charge in [-0.05, 0) is 39.8 Å². The Balaban J connectivity index is 1.82. The maximum absolute atomic E-state index is 12.3. The lowest BCUT2D eigenvalue weighted by molar-refractivity contribution is -0.144. The third kappa shape index (κ3) is 3.95. The van der Waals surface area contributed by atoms with Crippen molar-refractivity contribution >= 4 is 5.91 Å². The number of carbonyl (C=O) groups excluding carboxylic acids is 1. The van der Waals surface area contributed by atoms with Crippen LogP contribution in [0.3, 0.4) is 0 Å². The van der Waals surface area contributed by atoms with Crippen LogP contribution in [0.15, 0.2) is 0 Å². The Bertz CT molecular complexity index is 265. The average Bonchev–Trinajstić information content (AvgIpc) is 2.56. The molecule has 0 aromatic carbocycles. The maximum Gasteiger partial charge on any atom is 0.236 e. The van der Waals surface area contributed by atoms with Gasteiger partial charge in [-0.3, -0.25) is 9.69 Å². The van der Waals surface area contributed by atoms with Gasteiger partial charge in [0, 0.05) is 13.1 Å². The van der Waals surface area contributed by atoms with Crippen molar-refractivity contribution in [1.29, 1.82) is 0 Å². The fourth-order valence-corrected chi connectivity index (χ4v) is 2.97. The second-order valence-corrected chi connectivity index (χ2v) is 5.75. The summed E-state index contributed by atoms with van der Waals surface area (Å²) in [6.07, 6.45) is 5.45. The van der Waals surface area contributed by atoms with E-state index in [0.29, 0.717) is 6.54 Å². The molecule has 0 radical (unpaired) electrons. The molecule has 2 atom stereocenters. The van der Waals surface area contributed by atoms with Crippen molar-refractivity contribution in [2.24, 2.45) is 0 Å². The monoisotopic (exact) mass is 254 g/mol. The van der Waals surface area contributed by atoms with E-state index in [0.717, 1.165) is 26.2 Å². The summed E-state index contributed by atoms with van der Waals surface area (Å²) < 4.78 is 5.67. The number of hydrogen-bond acceptors (Lipinski definition) is 3. The predicted octanol–water partition coefficient (Wildman–Crippen LogP) is 1.50. The molecule has 2 unspecified atom stereocenters. The van der Waals surface area contributed by atoms with Crippen molar-refractivity contribution in [1.82, 2.24) is 9.80 Å². The van der Waals surface area contributed by atoms with E-state index in [1.54, 1.807) is 0 Å². The molecule has 18 heavy (non-hydrogen) atoms. The largest absolute Gasteiger partial charge is 0.372 e. The molecule has 0 aliphatic carbocycles. The number of morpholine rings is 1. The van der Waals surface area contributed by atoms with Crippen molar-refractivity contribution in [2.75, 3.05) is 32.7 Å². The lowest BCUT2D eigenvalue weighted by Gasteiger charge is -2.36. The number of amides is 1. The van der Waals surface area contributed by atoms with Gasteiger partial charge in [0.15, 0.2) is 0 Å². The quantitative estimate of drug-likeness (QED) is 0.748. The van der Waals surface area contributed by atoms with Crippen LogP contribution in [0.4, 0.5) is 0 Å². The third-order valence-electron chi connectivity index (χ3n) is 3.83. The van der Waals surface area contributed by atoms with Crippen molar-refractivity contribution in [3.8, 4) is 0 Å². The molecule has 0 aromatic rings. The Morgan fingerprint density at radius 3 is 2.17 bits per heavy atom. The number of likely N-dealkylation sites (tertiary alicyclic amines) is 1. The summed E-state index contributed by atoms with van der Waals surface area (Å²) in [5.41, 5.74) is 0. The molecule has 2 fully saturated rings. The summed E-state index contributed by atoms with van der Waals surface area (Å²) in [6, 6.07) is 0. The summed E-state index contributed by atoms with van der Waals surface area (Å²) >= 11 is 0. The summed E-state index contributed by atoms with van der Waals surface area (Å²) in [5.74, 6) is 0.277. The Morgan fingerprint density at radius 2 is 1.61 bits per heavy atom. The normalized spacial score (nSPS) is 31.1. The van der Waals surface area contributed by atoms with E-state index < -0.39 is 0 Å². The number of rotatable bonds is 2. The molecule has 0 saturated carbocycles. The predicted molar refractivity (Wildman–Crippen MR) is 71.5 cm³/mol. The number of nitrogens with zero attached hydrogens (tertiary/aromatic N) is 2. The first-order valence-electron chi connectivity index (χ1n) is 7.31. The Labute approximate surface area is 110 Å². The zero-order valence-electron chi connectivity index (χ0n) is 11.7. The fraction of sp³-hybridized carbons (Fsp3) is 0.929. The molecule has 0 bridgehead atoms. The van der Waals surface area contributed by atoms with Gasteiger partial charge in [0.05, 0.1) is 18.8 Å². The van der Waals surface area contributed by atoms with E-state index in [9.17, 15) is 4.79 Å². The second-order valence-electron chi connectivity index (χ2n) is 5.75. The van der Waals surface area contributed by atoms with E-state index in [4.69, 9.17) is 4.74 Å². The van der Waals surface area contributed by atoms with Crippen LogP contribution in [0.5, 0.6) is 0 Å². The highest BCUT2D eigenvalue weighted by Crippen LogP contribution is 2.13. The van der Waals surface area contributed by atoms with Crippen molar-refractivity contribution in [3.05, 3.63) is 0 Å². The van der Waals surface area contributed by atoms with Gasteiger partial charge in [-0.15, -0.1) is 0 Å². The lowest BCUT2D eigenvalue weighted by Crippen LogP contribution is -2.51. The zero-order chi connectivity index (χ0) is 13.0. The highest BCUT2D eigenvalue weighted by molar-refractivity contribution is 5.78. The van der Waals surface area contributed by atoms with Gasteiger partial charge in [0.1, 0.15) is 0 Å². The van der Waals surface area contributed by atoms with Crippen molar-refractivity contribution in [2.45, 2.75) is 51.7 Å². The van der Waals surface area contributed by atoms with Crippen LogP contribution in [-0.2, 0) is 9.53 Å². The van der Waals surface area contributed by atoms with Crippen LogP contribution in [0.25, 0.3) is 0 Å². The van der Waals surface area contributed by atoms with E-state index in [1.807, 2.05) is 18.7 Å². The van der Waals surface area contributed by atoms with Crippen LogP contribution < -0.4 is 0 Å². The van der Waals surface area contributed by atoms with Gasteiger partial charge in [-0.1, -0.05) is 12.8 Å². The highest BCUT2D eigenvalue weighted by Gasteiger charge is 2.26. The first kappa shape index (κ1) is 13.8. The average molecular weight is 254 g/mol. The van der Waals surface area contributed by atoms with Crippen LogP contribution in [0.1, 0.15) is 39.5 Å². The van der Waals surface area contributed by atoms with Gasteiger partial charge >= 0.3 is 0 Å². The Kier molecular flexibility index (Phi) is 5.01. The Morgan fingerprint density at radius 1 is 1.06 bits per heavy atom. The molecule has 1 amide bonds. The minimum absolute atomic E-state index is 0.168. The smallest absolute Gasteiger partial charge is 0.236 e. The molecule has 0 aromatic heterocycles. The minimum Gasteiger partial charge on any atom is -0.372 e. The second kappa shape index (κ2) is 6.53. The molecule has 2 heterocycles. The molecule has 2 aliphatic rings. The van der Waals surface area contributed by atoms with E-state index in [2.05, 4.69) is 4.90 Å². The van der Waals surface area contributed by atoms with Gasteiger partial charge < -0.3 is 9.64 Å². The van der Waals surface area contributed by atoms with Crippen molar-refractivity contribution in [3.63, 3.8) is 0 Å². The number of carbonyl (C=O) groups is 1. The molecule has 0 spiro atoms. The van der Waals surface area contributed by atoms with Gasteiger partial charge in [-0.2, -0.15) is 0 Å². The number of ether oxygens (including phenoxy) is 1. The molecule has 104 valence electrons. The third-order valence-corrected chi connectivity index (χ3v) is 3.83. The molecule has 4 nitrogen and oxygen atoms in total. The van der Waals surface area contributed by atoms with Crippen LogP contribution >= 0.6 is 0 Å². The molecule has 2 saturated heterocycles. The summed E-state index contributed by atoms with van der Waals surface area (Å²) in [6.45, 7) is 8.35. The topological polar surface area (TPSA) is 32.8 Å². The lowest BCUT2D eigenvalue weighted by atomic mass is 10.2. The SMILES string of the molecule is CC1CN(C(=O)CN2CCCCCC2)CC(C)O1. The van der Waals surface area contributed by atoms with E-state index >= 15 is 0 Å². The summed E-state index contributed by atoms with van der Waals surface area (Å²) in [4.78, 5) is 16.6. The summed E-state index contributed by atoms with van der Waals surface area (Å²) in [5, 5.41) is 0. The van der Waals surface area contributed by atoms with E-state index in [1.165, 1.54) is 25.7 Å².